The second-order valence-corrected chi connectivity index (χ2v) is 12.4. The minimum atomic E-state index is -4.22. The van der Waals surface area contributed by atoms with Gasteiger partial charge in [0.25, 0.3) is 21.8 Å². The number of anilines is 2. The number of sulfonamides is 1. The standard InChI is InChI=1S/C33H33ClN4O7S/c1-22-14-23(2)16-27(15-22)38(46(41,42)29-12-13-30(43-3)31(18-29)44-4)20-32(39)37-35-19-24-8-10-28(11-9-24)45-21-33(40)36-26-7-5-6-25(34)17-26/h5-19H,20-21H2,1-4H3,(H,36,40)(H,37,39)/b35-19+. The average Bonchev–Trinajstić information content (AvgIpc) is 3.02. The number of carbonyl (C=O) groups excluding carboxylic acids is 2. The molecule has 4 aromatic rings. The highest BCUT2D eigenvalue weighted by atomic mass is 35.5. The number of aryl methyl sites for hydroxylation is 2. The minimum Gasteiger partial charge on any atom is -0.493 e. The molecule has 0 unspecified atom stereocenters. The maximum atomic E-state index is 13.9. The van der Waals surface area contributed by atoms with Gasteiger partial charge in [0, 0.05) is 16.8 Å². The first-order valence-corrected chi connectivity index (χ1v) is 15.7. The molecule has 0 atom stereocenters. The SMILES string of the molecule is COc1ccc(S(=O)(=O)N(CC(=O)N/N=C/c2ccc(OCC(=O)Nc3cccc(Cl)c3)cc2)c2cc(C)cc(C)c2)cc1OC. The normalized spacial score (nSPS) is 11.2. The van der Waals surface area contributed by atoms with Crippen molar-refractivity contribution >= 4 is 51.0 Å². The van der Waals surface area contributed by atoms with Crippen molar-refractivity contribution in [3.63, 3.8) is 0 Å². The lowest BCUT2D eigenvalue weighted by atomic mass is 10.1. The summed E-state index contributed by atoms with van der Waals surface area (Å²) < 4.78 is 44.8. The Kier molecular flexibility index (Phi) is 11.2. The van der Waals surface area contributed by atoms with Gasteiger partial charge < -0.3 is 19.5 Å². The summed E-state index contributed by atoms with van der Waals surface area (Å²) in [5.74, 6) is 0.0382. The molecule has 240 valence electrons. The van der Waals surface area contributed by atoms with E-state index in [9.17, 15) is 18.0 Å². The number of hydrogen-bond acceptors (Lipinski definition) is 8. The summed E-state index contributed by atoms with van der Waals surface area (Å²) in [5, 5.41) is 7.19. The van der Waals surface area contributed by atoms with E-state index in [4.69, 9.17) is 25.8 Å². The van der Waals surface area contributed by atoms with Gasteiger partial charge in [-0.05, 0) is 97.3 Å². The number of rotatable bonds is 13. The summed E-state index contributed by atoms with van der Waals surface area (Å²) in [4.78, 5) is 25.1. The van der Waals surface area contributed by atoms with Gasteiger partial charge in [-0.25, -0.2) is 13.8 Å². The number of benzene rings is 4. The Hall–Kier alpha value is -5.07. The van der Waals surface area contributed by atoms with Crippen LogP contribution in [0.3, 0.4) is 0 Å². The molecule has 4 aromatic carbocycles. The van der Waals surface area contributed by atoms with E-state index in [-0.39, 0.29) is 23.2 Å². The highest BCUT2D eigenvalue weighted by Gasteiger charge is 2.28. The molecule has 4 rings (SSSR count). The fraction of sp³-hybridized carbons (Fsp3) is 0.182. The van der Waals surface area contributed by atoms with E-state index in [1.165, 1.54) is 38.6 Å². The Labute approximate surface area is 272 Å². The minimum absolute atomic E-state index is 0.0788. The second-order valence-electron chi connectivity index (χ2n) is 10.1. The van der Waals surface area contributed by atoms with Crippen molar-refractivity contribution in [2.75, 3.05) is 37.0 Å². The summed E-state index contributed by atoms with van der Waals surface area (Å²) >= 11 is 5.94. The van der Waals surface area contributed by atoms with Crippen molar-refractivity contribution in [2.45, 2.75) is 18.7 Å². The molecule has 0 heterocycles. The van der Waals surface area contributed by atoms with E-state index >= 15 is 0 Å². The summed E-state index contributed by atoms with van der Waals surface area (Å²) in [6.07, 6.45) is 1.40. The molecule has 0 aliphatic heterocycles. The lowest BCUT2D eigenvalue weighted by Gasteiger charge is -2.25. The van der Waals surface area contributed by atoms with Gasteiger partial charge in [-0.1, -0.05) is 23.7 Å². The maximum absolute atomic E-state index is 13.9. The molecular formula is C33H33ClN4O7S. The molecule has 0 saturated carbocycles. The fourth-order valence-electron chi connectivity index (χ4n) is 4.42. The highest BCUT2D eigenvalue weighted by Crippen LogP contribution is 2.32. The van der Waals surface area contributed by atoms with Crippen LogP contribution >= 0.6 is 11.6 Å². The molecule has 0 bridgehead atoms. The molecule has 11 nitrogen and oxygen atoms in total. The van der Waals surface area contributed by atoms with Gasteiger partial charge in [0.1, 0.15) is 12.3 Å². The van der Waals surface area contributed by atoms with Crippen molar-refractivity contribution in [1.82, 2.24) is 5.43 Å². The number of nitrogens with one attached hydrogen (secondary N) is 2. The van der Waals surface area contributed by atoms with Gasteiger partial charge in [0.2, 0.25) is 0 Å². The topological polar surface area (TPSA) is 136 Å². The van der Waals surface area contributed by atoms with Gasteiger partial charge in [-0.3, -0.25) is 13.9 Å². The van der Waals surface area contributed by atoms with Crippen molar-refractivity contribution in [2.24, 2.45) is 5.10 Å². The van der Waals surface area contributed by atoms with Gasteiger partial charge in [0.15, 0.2) is 18.1 Å². The first-order chi connectivity index (χ1) is 22.0. The number of hydrogen-bond donors (Lipinski definition) is 2. The summed E-state index contributed by atoms with van der Waals surface area (Å²) in [6, 6.07) is 22.9. The Balaban J connectivity index is 1.41. The molecular weight excluding hydrogens is 632 g/mol. The van der Waals surface area contributed by atoms with Crippen LogP contribution in [0.4, 0.5) is 11.4 Å². The monoisotopic (exact) mass is 664 g/mol. The van der Waals surface area contributed by atoms with Crippen molar-refractivity contribution in [3.05, 3.63) is 107 Å². The number of amides is 2. The van der Waals surface area contributed by atoms with Crippen LogP contribution in [0, 0.1) is 13.8 Å². The number of hydrazone groups is 1. The van der Waals surface area contributed by atoms with E-state index in [2.05, 4.69) is 15.8 Å². The number of ether oxygens (including phenoxy) is 3. The summed E-state index contributed by atoms with van der Waals surface area (Å²) in [7, 11) is -1.36. The van der Waals surface area contributed by atoms with Crippen LogP contribution < -0.4 is 29.3 Å². The van der Waals surface area contributed by atoms with Crippen LogP contribution in [0.5, 0.6) is 17.2 Å². The van der Waals surface area contributed by atoms with Crippen molar-refractivity contribution < 1.29 is 32.2 Å². The van der Waals surface area contributed by atoms with Crippen molar-refractivity contribution in [3.8, 4) is 17.2 Å². The second kappa shape index (κ2) is 15.3. The lowest BCUT2D eigenvalue weighted by Crippen LogP contribution is -2.39. The summed E-state index contributed by atoms with van der Waals surface area (Å²) in [6.45, 7) is 2.93. The van der Waals surface area contributed by atoms with Crippen LogP contribution in [0.1, 0.15) is 16.7 Å². The number of carbonyl (C=O) groups is 2. The van der Waals surface area contributed by atoms with Crippen LogP contribution in [0.15, 0.2) is 94.9 Å². The Morgan fingerprint density at radius 1 is 0.870 bits per heavy atom. The van der Waals surface area contributed by atoms with E-state index in [0.29, 0.717) is 33.5 Å². The molecule has 0 aliphatic rings. The number of halogens is 1. The van der Waals surface area contributed by atoms with E-state index in [1.54, 1.807) is 60.7 Å². The highest BCUT2D eigenvalue weighted by molar-refractivity contribution is 7.92. The third-order valence-corrected chi connectivity index (χ3v) is 8.49. The van der Waals surface area contributed by atoms with Gasteiger partial charge in [-0.15, -0.1) is 0 Å². The molecule has 46 heavy (non-hydrogen) atoms. The molecule has 0 aromatic heterocycles. The predicted octanol–water partition coefficient (Wildman–Crippen LogP) is 5.34. The lowest BCUT2D eigenvalue weighted by molar-refractivity contribution is -0.119. The average molecular weight is 665 g/mol. The van der Waals surface area contributed by atoms with Crippen LogP contribution in [-0.4, -0.2) is 53.8 Å². The number of nitrogens with zero attached hydrogens (tertiary/aromatic N) is 2. The molecule has 0 saturated heterocycles. The van der Waals surface area contributed by atoms with E-state index in [1.807, 2.05) is 19.9 Å². The quantitative estimate of drug-likeness (QED) is 0.146. The van der Waals surface area contributed by atoms with E-state index in [0.717, 1.165) is 15.4 Å². The molecule has 0 aliphatic carbocycles. The van der Waals surface area contributed by atoms with Gasteiger partial charge >= 0.3 is 0 Å². The molecule has 2 N–H and O–H groups in total. The zero-order valence-corrected chi connectivity index (χ0v) is 27.2. The third-order valence-electron chi connectivity index (χ3n) is 6.49. The molecule has 2 amide bonds. The third kappa shape index (κ3) is 8.99. The predicted molar refractivity (Wildman–Crippen MR) is 178 cm³/mol. The van der Waals surface area contributed by atoms with Gasteiger partial charge in [-0.2, -0.15) is 5.10 Å². The smallest absolute Gasteiger partial charge is 0.264 e. The molecule has 0 fully saturated rings. The Morgan fingerprint density at radius 2 is 1.57 bits per heavy atom. The fourth-order valence-corrected chi connectivity index (χ4v) is 6.03. The zero-order chi connectivity index (χ0) is 33.3. The molecule has 13 heteroatoms. The van der Waals surface area contributed by atoms with Crippen molar-refractivity contribution in [1.29, 1.82) is 0 Å². The largest absolute Gasteiger partial charge is 0.493 e. The maximum Gasteiger partial charge on any atom is 0.264 e. The summed E-state index contributed by atoms with van der Waals surface area (Å²) in [5.41, 5.74) is 5.56. The molecule has 0 radical (unpaired) electrons. The Bertz CT molecular complexity index is 1830. The zero-order valence-electron chi connectivity index (χ0n) is 25.6. The molecule has 0 spiro atoms. The van der Waals surface area contributed by atoms with Crippen LogP contribution in [-0.2, 0) is 19.6 Å². The van der Waals surface area contributed by atoms with Crippen LogP contribution in [0.25, 0.3) is 0 Å². The first kappa shape index (κ1) is 33.8. The Morgan fingerprint density at radius 3 is 2.22 bits per heavy atom. The number of methoxy groups -OCH3 is 2. The van der Waals surface area contributed by atoms with Crippen LogP contribution in [0.2, 0.25) is 5.02 Å². The first-order valence-electron chi connectivity index (χ1n) is 13.9. The van der Waals surface area contributed by atoms with E-state index < -0.39 is 22.5 Å². The van der Waals surface area contributed by atoms with Gasteiger partial charge in [0.05, 0.1) is 31.0 Å².